The number of ether oxygens (including phenoxy) is 1. The second kappa shape index (κ2) is 9.36. The van der Waals surface area contributed by atoms with E-state index in [-0.39, 0.29) is 6.61 Å². The van der Waals surface area contributed by atoms with Gasteiger partial charge in [-0.2, -0.15) is 0 Å². The molecule has 1 atom stereocenters. The van der Waals surface area contributed by atoms with Crippen LogP contribution in [-0.2, 0) is 9.53 Å². The zero-order valence-corrected chi connectivity index (χ0v) is 9.95. The fourth-order valence-electron chi connectivity index (χ4n) is 1.19. The average molecular weight is 230 g/mol. The van der Waals surface area contributed by atoms with Crippen molar-refractivity contribution >= 4 is 5.97 Å². The Labute approximate surface area is 96.9 Å². The molecule has 0 aromatic rings. The molecule has 4 nitrogen and oxygen atoms in total. The molecule has 0 aliphatic heterocycles. The first-order chi connectivity index (χ1) is 7.61. The van der Waals surface area contributed by atoms with E-state index in [4.69, 9.17) is 14.9 Å². The molecule has 4 heteroatoms. The van der Waals surface area contributed by atoms with Crippen LogP contribution in [0, 0.1) is 0 Å². The predicted molar refractivity (Wildman–Crippen MR) is 62.0 cm³/mol. The van der Waals surface area contributed by atoms with Gasteiger partial charge in [-0.25, -0.2) is 4.79 Å². The minimum Gasteiger partial charge on any atom is -0.459 e. The molecule has 0 rings (SSSR count). The van der Waals surface area contributed by atoms with Crippen molar-refractivity contribution in [1.29, 1.82) is 0 Å². The molecular weight excluding hydrogens is 208 g/mol. The number of hydrogen-bond donors (Lipinski definition) is 2. The molecule has 0 fully saturated rings. The summed E-state index contributed by atoms with van der Waals surface area (Å²) in [6, 6.07) is 0. The summed E-state index contributed by atoms with van der Waals surface area (Å²) >= 11 is 0. The van der Waals surface area contributed by atoms with Crippen LogP contribution in [0.1, 0.15) is 39.0 Å². The number of carbonyl (C=O) groups excluding carboxylic acids is 1. The Kier molecular flexibility index (Phi) is 8.85. The van der Waals surface area contributed by atoms with Gasteiger partial charge in [-0.05, 0) is 12.8 Å². The van der Waals surface area contributed by atoms with Crippen LogP contribution in [0.25, 0.3) is 0 Å². The lowest BCUT2D eigenvalue weighted by Gasteiger charge is -2.09. The molecule has 0 aromatic carbocycles. The summed E-state index contributed by atoms with van der Waals surface area (Å²) in [5.74, 6) is -0.482. The first-order valence-electron chi connectivity index (χ1n) is 5.75. The Hall–Kier alpha value is -0.870. The Morgan fingerprint density at radius 1 is 1.38 bits per heavy atom. The van der Waals surface area contributed by atoms with Gasteiger partial charge in [0.1, 0.15) is 12.7 Å². The van der Waals surface area contributed by atoms with Gasteiger partial charge in [0.25, 0.3) is 0 Å². The third kappa shape index (κ3) is 7.43. The highest BCUT2D eigenvalue weighted by molar-refractivity contribution is 5.87. The average Bonchev–Trinajstić information content (AvgIpc) is 2.30. The predicted octanol–water partition coefficient (Wildman–Crippen LogP) is 1.41. The molecule has 0 saturated carbocycles. The van der Waals surface area contributed by atoms with Crippen LogP contribution in [0.5, 0.6) is 0 Å². The maximum atomic E-state index is 11.3. The van der Waals surface area contributed by atoms with Crippen molar-refractivity contribution in [3.8, 4) is 0 Å². The topological polar surface area (TPSA) is 66.8 Å². The van der Waals surface area contributed by atoms with E-state index in [0.717, 1.165) is 25.7 Å². The van der Waals surface area contributed by atoms with Gasteiger partial charge in [0.15, 0.2) is 0 Å². The third-order valence-corrected chi connectivity index (χ3v) is 2.24. The first kappa shape index (κ1) is 15.1. The standard InChI is InChI=1S/C12H22O4/c1-3-4-5-6-7-10(2)12(15)16-9-11(14)8-13/h11,13-14H,2-9H2,1H3. The number of aliphatic hydroxyl groups is 2. The Morgan fingerprint density at radius 2 is 2.06 bits per heavy atom. The number of esters is 1. The van der Waals surface area contributed by atoms with Gasteiger partial charge < -0.3 is 14.9 Å². The zero-order chi connectivity index (χ0) is 12.4. The minimum absolute atomic E-state index is 0.177. The van der Waals surface area contributed by atoms with E-state index in [0.29, 0.717) is 12.0 Å². The van der Waals surface area contributed by atoms with Crippen LogP contribution in [0.4, 0.5) is 0 Å². The molecule has 2 N–H and O–H groups in total. The van der Waals surface area contributed by atoms with Crippen LogP contribution < -0.4 is 0 Å². The summed E-state index contributed by atoms with van der Waals surface area (Å²) in [7, 11) is 0. The van der Waals surface area contributed by atoms with Crippen molar-refractivity contribution in [1.82, 2.24) is 0 Å². The van der Waals surface area contributed by atoms with E-state index < -0.39 is 18.7 Å². The zero-order valence-electron chi connectivity index (χ0n) is 9.95. The van der Waals surface area contributed by atoms with Gasteiger partial charge in [0.05, 0.1) is 6.61 Å². The Morgan fingerprint density at radius 3 is 2.62 bits per heavy atom. The van der Waals surface area contributed by atoms with Crippen molar-refractivity contribution < 1.29 is 19.7 Å². The smallest absolute Gasteiger partial charge is 0.333 e. The number of rotatable bonds is 9. The van der Waals surface area contributed by atoms with Crippen LogP contribution in [0.2, 0.25) is 0 Å². The van der Waals surface area contributed by atoms with Gasteiger partial charge >= 0.3 is 5.97 Å². The van der Waals surface area contributed by atoms with Crippen molar-refractivity contribution in [3.05, 3.63) is 12.2 Å². The quantitative estimate of drug-likeness (QED) is 0.357. The van der Waals surface area contributed by atoms with E-state index in [1.54, 1.807) is 0 Å². The molecule has 0 heterocycles. The second-order valence-electron chi connectivity index (χ2n) is 3.85. The van der Waals surface area contributed by atoms with Gasteiger partial charge in [-0.15, -0.1) is 0 Å². The summed E-state index contributed by atoms with van der Waals surface area (Å²) < 4.78 is 4.77. The molecule has 94 valence electrons. The largest absolute Gasteiger partial charge is 0.459 e. The van der Waals surface area contributed by atoms with Crippen molar-refractivity contribution in [3.63, 3.8) is 0 Å². The molecule has 0 radical (unpaired) electrons. The SMILES string of the molecule is C=C(CCCCCC)C(=O)OCC(O)CO. The molecule has 0 spiro atoms. The highest BCUT2D eigenvalue weighted by Gasteiger charge is 2.10. The first-order valence-corrected chi connectivity index (χ1v) is 5.75. The highest BCUT2D eigenvalue weighted by atomic mass is 16.5. The van der Waals surface area contributed by atoms with Gasteiger partial charge in [0, 0.05) is 5.57 Å². The summed E-state index contributed by atoms with van der Waals surface area (Å²) in [4.78, 5) is 11.3. The molecule has 16 heavy (non-hydrogen) atoms. The third-order valence-electron chi connectivity index (χ3n) is 2.24. The lowest BCUT2D eigenvalue weighted by molar-refractivity contribution is -0.142. The lowest BCUT2D eigenvalue weighted by atomic mass is 10.1. The van der Waals surface area contributed by atoms with Crippen LogP contribution in [0.3, 0.4) is 0 Å². The van der Waals surface area contributed by atoms with E-state index in [2.05, 4.69) is 13.5 Å². The van der Waals surface area contributed by atoms with E-state index >= 15 is 0 Å². The molecule has 1 unspecified atom stereocenters. The summed E-state index contributed by atoms with van der Waals surface area (Å²) in [5.41, 5.74) is 0.432. The molecule has 0 saturated heterocycles. The van der Waals surface area contributed by atoms with E-state index in [1.165, 1.54) is 0 Å². The molecule has 0 bridgehead atoms. The molecule has 0 aromatic heterocycles. The van der Waals surface area contributed by atoms with Gasteiger partial charge in [0.2, 0.25) is 0 Å². The molecule has 0 aliphatic rings. The number of hydrogen-bond acceptors (Lipinski definition) is 4. The monoisotopic (exact) mass is 230 g/mol. The van der Waals surface area contributed by atoms with E-state index in [9.17, 15) is 4.79 Å². The van der Waals surface area contributed by atoms with Gasteiger partial charge in [-0.1, -0.05) is 32.8 Å². The number of unbranched alkanes of at least 4 members (excludes halogenated alkanes) is 3. The second-order valence-corrected chi connectivity index (χ2v) is 3.85. The Balaban J connectivity index is 3.61. The summed E-state index contributed by atoms with van der Waals surface area (Å²) in [5, 5.41) is 17.5. The van der Waals surface area contributed by atoms with Gasteiger partial charge in [-0.3, -0.25) is 0 Å². The van der Waals surface area contributed by atoms with Crippen molar-refractivity contribution in [2.24, 2.45) is 0 Å². The van der Waals surface area contributed by atoms with E-state index in [1.807, 2.05) is 0 Å². The van der Waals surface area contributed by atoms with Crippen LogP contribution >= 0.6 is 0 Å². The maximum Gasteiger partial charge on any atom is 0.333 e. The highest BCUT2D eigenvalue weighted by Crippen LogP contribution is 2.10. The fraction of sp³-hybridized carbons (Fsp3) is 0.750. The van der Waals surface area contributed by atoms with Crippen molar-refractivity contribution in [2.75, 3.05) is 13.2 Å². The summed E-state index contributed by atoms with van der Waals surface area (Å²) in [6.45, 7) is 5.18. The van der Waals surface area contributed by atoms with Crippen molar-refractivity contribution in [2.45, 2.75) is 45.1 Å². The van der Waals surface area contributed by atoms with Crippen LogP contribution in [0.15, 0.2) is 12.2 Å². The molecule has 0 aliphatic carbocycles. The molecular formula is C12H22O4. The number of aliphatic hydroxyl groups excluding tert-OH is 2. The lowest BCUT2D eigenvalue weighted by Crippen LogP contribution is -2.22. The molecule has 0 amide bonds. The minimum atomic E-state index is -1.00. The fourth-order valence-corrected chi connectivity index (χ4v) is 1.19. The number of carbonyl (C=O) groups is 1. The normalized spacial score (nSPS) is 12.2. The van der Waals surface area contributed by atoms with Crippen LogP contribution in [-0.4, -0.2) is 35.5 Å². The maximum absolute atomic E-state index is 11.3. The Bertz CT molecular complexity index is 213. The summed E-state index contributed by atoms with van der Waals surface area (Å²) in [6.07, 6.45) is 3.96.